The van der Waals surface area contributed by atoms with Gasteiger partial charge in [-0.05, 0) is 12.1 Å². The lowest BCUT2D eigenvalue weighted by Crippen LogP contribution is -2.30. The predicted octanol–water partition coefficient (Wildman–Crippen LogP) is 1.45. The number of amides is 1. The molecule has 1 aromatic carbocycles. The van der Waals surface area contributed by atoms with Crippen LogP contribution in [0.1, 0.15) is 16.8 Å². The van der Waals surface area contributed by atoms with Gasteiger partial charge < -0.3 is 20.1 Å². The standard InChI is InChI=1S/C13H18N2O3S/c1-15(7-6-12(14)19)13(16)10-5-4-9(17-2)8-11(10)18-3/h4-5,8H,6-7H2,1-3H3,(H2,14,19). The van der Waals surface area contributed by atoms with Gasteiger partial charge in [0.1, 0.15) is 11.5 Å². The van der Waals surface area contributed by atoms with E-state index in [4.69, 9.17) is 27.4 Å². The molecule has 0 spiro atoms. The molecule has 0 unspecified atom stereocenters. The normalized spacial score (nSPS) is 9.84. The molecule has 6 heteroatoms. The van der Waals surface area contributed by atoms with E-state index in [9.17, 15) is 4.79 Å². The first-order chi connectivity index (χ1) is 8.99. The quantitative estimate of drug-likeness (QED) is 0.800. The second kappa shape index (κ2) is 6.94. The van der Waals surface area contributed by atoms with Crippen molar-refractivity contribution in [3.8, 4) is 11.5 Å². The number of carbonyl (C=O) groups excluding carboxylic acids is 1. The summed E-state index contributed by atoms with van der Waals surface area (Å²) in [5.41, 5.74) is 5.91. The van der Waals surface area contributed by atoms with Crippen molar-refractivity contribution in [3.05, 3.63) is 23.8 Å². The molecular formula is C13H18N2O3S. The number of ether oxygens (including phenoxy) is 2. The Kier molecular flexibility index (Phi) is 5.57. The summed E-state index contributed by atoms with van der Waals surface area (Å²) in [4.78, 5) is 14.2. The Morgan fingerprint density at radius 3 is 2.58 bits per heavy atom. The van der Waals surface area contributed by atoms with E-state index in [1.165, 1.54) is 7.11 Å². The lowest BCUT2D eigenvalue weighted by molar-refractivity contribution is 0.0795. The van der Waals surface area contributed by atoms with Crippen LogP contribution in [0, 0.1) is 0 Å². The molecule has 0 heterocycles. The summed E-state index contributed by atoms with van der Waals surface area (Å²) < 4.78 is 10.3. The highest BCUT2D eigenvalue weighted by Crippen LogP contribution is 2.25. The minimum atomic E-state index is -0.143. The van der Waals surface area contributed by atoms with Crippen LogP contribution in [0.4, 0.5) is 0 Å². The Morgan fingerprint density at radius 2 is 2.05 bits per heavy atom. The lowest BCUT2D eigenvalue weighted by Gasteiger charge is -2.18. The van der Waals surface area contributed by atoms with Gasteiger partial charge in [-0.1, -0.05) is 12.2 Å². The van der Waals surface area contributed by atoms with E-state index in [0.717, 1.165) is 0 Å². The van der Waals surface area contributed by atoms with Crippen molar-refractivity contribution in [1.29, 1.82) is 0 Å². The van der Waals surface area contributed by atoms with Gasteiger partial charge in [-0.2, -0.15) is 0 Å². The van der Waals surface area contributed by atoms with Crippen molar-refractivity contribution in [2.45, 2.75) is 6.42 Å². The molecule has 2 N–H and O–H groups in total. The van der Waals surface area contributed by atoms with Crippen LogP contribution < -0.4 is 15.2 Å². The second-order valence-corrected chi connectivity index (χ2v) is 4.53. The van der Waals surface area contributed by atoms with Crippen LogP contribution in [0.3, 0.4) is 0 Å². The number of hydrogen-bond acceptors (Lipinski definition) is 4. The maximum absolute atomic E-state index is 12.3. The lowest BCUT2D eigenvalue weighted by atomic mass is 10.1. The van der Waals surface area contributed by atoms with Crippen LogP contribution in [-0.2, 0) is 0 Å². The van der Waals surface area contributed by atoms with Gasteiger partial charge in [0.15, 0.2) is 0 Å². The van der Waals surface area contributed by atoms with Gasteiger partial charge in [0, 0.05) is 26.1 Å². The zero-order valence-electron chi connectivity index (χ0n) is 11.3. The molecule has 0 fully saturated rings. The van der Waals surface area contributed by atoms with Gasteiger partial charge >= 0.3 is 0 Å². The SMILES string of the molecule is COc1ccc(C(=O)N(C)CCC(N)=S)c(OC)c1. The Balaban J connectivity index is 2.89. The van der Waals surface area contributed by atoms with Crippen LogP contribution >= 0.6 is 12.2 Å². The van der Waals surface area contributed by atoms with Crippen molar-refractivity contribution < 1.29 is 14.3 Å². The van der Waals surface area contributed by atoms with Crippen molar-refractivity contribution in [2.75, 3.05) is 27.8 Å². The van der Waals surface area contributed by atoms with Crippen LogP contribution in [0.5, 0.6) is 11.5 Å². The summed E-state index contributed by atoms with van der Waals surface area (Å²) in [6.45, 7) is 0.476. The molecule has 1 rings (SSSR count). The number of nitrogens with two attached hydrogens (primary N) is 1. The summed E-state index contributed by atoms with van der Waals surface area (Å²) in [5.74, 6) is 0.974. The Hall–Kier alpha value is -1.82. The molecule has 0 aromatic heterocycles. The molecule has 0 aliphatic heterocycles. The van der Waals surface area contributed by atoms with Gasteiger partial charge in [0.25, 0.3) is 5.91 Å². The highest BCUT2D eigenvalue weighted by Gasteiger charge is 2.17. The van der Waals surface area contributed by atoms with Gasteiger partial charge in [0.05, 0.1) is 24.8 Å². The number of carbonyl (C=O) groups is 1. The smallest absolute Gasteiger partial charge is 0.257 e. The molecule has 5 nitrogen and oxygen atoms in total. The van der Waals surface area contributed by atoms with E-state index >= 15 is 0 Å². The number of rotatable bonds is 6. The molecule has 0 aliphatic rings. The molecular weight excluding hydrogens is 264 g/mol. The zero-order chi connectivity index (χ0) is 14.4. The van der Waals surface area contributed by atoms with E-state index < -0.39 is 0 Å². The molecule has 19 heavy (non-hydrogen) atoms. The Morgan fingerprint density at radius 1 is 1.37 bits per heavy atom. The Labute approximate surface area is 118 Å². The zero-order valence-corrected chi connectivity index (χ0v) is 12.1. The van der Waals surface area contributed by atoms with Crippen molar-refractivity contribution in [3.63, 3.8) is 0 Å². The summed E-state index contributed by atoms with van der Waals surface area (Å²) in [7, 11) is 4.77. The van der Waals surface area contributed by atoms with Crippen molar-refractivity contribution in [2.24, 2.45) is 5.73 Å². The molecule has 0 saturated carbocycles. The molecule has 0 aliphatic carbocycles. The van der Waals surface area contributed by atoms with Crippen LogP contribution in [0.15, 0.2) is 18.2 Å². The Bertz CT molecular complexity index is 477. The minimum Gasteiger partial charge on any atom is -0.497 e. The number of nitrogens with zero attached hydrogens (tertiary/aromatic N) is 1. The van der Waals surface area contributed by atoms with Crippen molar-refractivity contribution in [1.82, 2.24) is 4.90 Å². The highest BCUT2D eigenvalue weighted by atomic mass is 32.1. The van der Waals surface area contributed by atoms with Crippen LogP contribution in [-0.4, -0.2) is 43.6 Å². The number of benzene rings is 1. The fourth-order valence-corrected chi connectivity index (χ4v) is 1.65. The summed E-state index contributed by atoms with van der Waals surface area (Å²) >= 11 is 4.80. The summed E-state index contributed by atoms with van der Waals surface area (Å²) in [5, 5.41) is 0. The molecule has 0 radical (unpaired) electrons. The van der Waals surface area contributed by atoms with E-state index in [1.807, 2.05) is 0 Å². The van der Waals surface area contributed by atoms with Crippen LogP contribution in [0.2, 0.25) is 0 Å². The van der Waals surface area contributed by atoms with E-state index in [2.05, 4.69) is 0 Å². The predicted molar refractivity (Wildman–Crippen MR) is 77.9 cm³/mol. The fourth-order valence-electron chi connectivity index (χ4n) is 1.56. The number of thiocarbonyl (C=S) groups is 1. The minimum absolute atomic E-state index is 0.143. The molecule has 1 amide bonds. The topological polar surface area (TPSA) is 64.8 Å². The summed E-state index contributed by atoms with van der Waals surface area (Å²) in [6, 6.07) is 5.07. The van der Waals surface area contributed by atoms with Crippen molar-refractivity contribution >= 4 is 23.1 Å². The second-order valence-electron chi connectivity index (χ2n) is 4.01. The van der Waals surface area contributed by atoms with Crippen LogP contribution in [0.25, 0.3) is 0 Å². The van der Waals surface area contributed by atoms with Gasteiger partial charge in [-0.25, -0.2) is 0 Å². The summed E-state index contributed by atoms with van der Waals surface area (Å²) in [6.07, 6.45) is 0.496. The number of methoxy groups -OCH3 is 2. The third-order valence-corrected chi connectivity index (χ3v) is 2.88. The first-order valence-corrected chi connectivity index (χ1v) is 6.16. The maximum atomic E-state index is 12.3. The molecule has 0 saturated heterocycles. The average molecular weight is 282 g/mol. The van der Waals surface area contributed by atoms with E-state index in [-0.39, 0.29) is 5.91 Å². The largest absolute Gasteiger partial charge is 0.497 e. The average Bonchev–Trinajstić information content (AvgIpc) is 2.42. The van der Waals surface area contributed by atoms with E-state index in [0.29, 0.717) is 35.0 Å². The first-order valence-electron chi connectivity index (χ1n) is 5.75. The van der Waals surface area contributed by atoms with Gasteiger partial charge in [-0.15, -0.1) is 0 Å². The third kappa shape index (κ3) is 4.10. The van der Waals surface area contributed by atoms with Gasteiger partial charge in [0.2, 0.25) is 0 Å². The highest BCUT2D eigenvalue weighted by molar-refractivity contribution is 7.80. The molecule has 1 aromatic rings. The molecule has 0 bridgehead atoms. The number of hydrogen-bond donors (Lipinski definition) is 1. The first kappa shape index (κ1) is 15.2. The third-order valence-electron chi connectivity index (χ3n) is 2.68. The molecule has 0 atom stereocenters. The molecule has 104 valence electrons. The van der Waals surface area contributed by atoms with Gasteiger partial charge in [-0.3, -0.25) is 4.79 Å². The maximum Gasteiger partial charge on any atom is 0.257 e. The monoisotopic (exact) mass is 282 g/mol. The van der Waals surface area contributed by atoms with E-state index in [1.54, 1.807) is 37.3 Å². The fraction of sp³-hybridized carbons (Fsp3) is 0.385.